The van der Waals surface area contributed by atoms with Gasteiger partial charge in [-0.2, -0.15) is 0 Å². The molecule has 0 aliphatic carbocycles. The Bertz CT molecular complexity index is 841. The van der Waals surface area contributed by atoms with Crippen LogP contribution in [0.3, 0.4) is 0 Å². The molecular weight excluding hydrogens is 368 g/mol. The fourth-order valence-corrected chi connectivity index (χ4v) is 2.91. The summed E-state index contributed by atoms with van der Waals surface area (Å²) in [5, 5.41) is 30.4. The number of phenols is 1. The third-order valence-corrected chi connectivity index (χ3v) is 4.80. The zero-order chi connectivity index (χ0) is 20.4. The zero-order valence-corrected chi connectivity index (χ0v) is 15.5. The van der Waals surface area contributed by atoms with Crippen molar-refractivity contribution in [2.75, 3.05) is 6.79 Å². The molecule has 8 heteroatoms. The Morgan fingerprint density at radius 1 is 1.11 bits per heavy atom. The van der Waals surface area contributed by atoms with Crippen molar-refractivity contribution in [1.29, 1.82) is 0 Å². The lowest BCUT2D eigenvalue weighted by molar-refractivity contribution is -0.127. The van der Waals surface area contributed by atoms with E-state index in [1.807, 2.05) is 0 Å². The van der Waals surface area contributed by atoms with Gasteiger partial charge in [-0.25, -0.2) is 4.79 Å². The monoisotopic (exact) mass is 390 g/mol. The van der Waals surface area contributed by atoms with Crippen LogP contribution in [0.5, 0.6) is 17.2 Å². The minimum atomic E-state index is -1.58. The van der Waals surface area contributed by atoms with Gasteiger partial charge in [0.2, 0.25) is 6.79 Å². The highest BCUT2D eigenvalue weighted by atomic mass is 16.7. The average molecular weight is 390 g/mol. The van der Waals surface area contributed by atoms with Crippen molar-refractivity contribution in [1.82, 2.24) is 0 Å². The summed E-state index contributed by atoms with van der Waals surface area (Å²) in [6.07, 6.45) is 2.00. The van der Waals surface area contributed by atoms with Crippen molar-refractivity contribution < 1.29 is 39.1 Å². The molecule has 150 valence electrons. The van der Waals surface area contributed by atoms with Crippen molar-refractivity contribution >= 4 is 17.8 Å². The maximum atomic E-state index is 12.7. The normalized spacial score (nSPS) is 30.1. The number of aliphatic hydroxyl groups is 2. The van der Waals surface area contributed by atoms with Crippen LogP contribution in [0.4, 0.5) is 0 Å². The van der Waals surface area contributed by atoms with Crippen LogP contribution >= 0.6 is 0 Å². The number of esters is 1. The first-order valence-corrected chi connectivity index (χ1v) is 8.90. The standard InChI is InChI=1S/C20H22O8/c1-10-6-7-14(22)18(24)13(21)5-3-4-12-17(20(25)28-11(10)2)15(23)8-16-19(12)27-9-26-16/h3-4,6-8,10-11,13,18,21,23-24H,5,9H2,1-2H3/b4-3+,7-6-/t10-,11-,13-,18-/m0/s1. The number of fused-ring (bicyclic) bond motifs is 3. The molecule has 0 aromatic heterocycles. The number of carbonyl (C=O) groups excluding carboxylic acids is 2. The number of aliphatic hydroxyl groups excluding tert-OH is 2. The molecular formula is C20H22O8. The van der Waals surface area contributed by atoms with Crippen molar-refractivity contribution in [3.8, 4) is 17.2 Å². The van der Waals surface area contributed by atoms with E-state index < -0.39 is 30.1 Å². The fourth-order valence-electron chi connectivity index (χ4n) is 2.91. The minimum absolute atomic E-state index is 0.0630. The van der Waals surface area contributed by atoms with E-state index in [2.05, 4.69) is 0 Å². The van der Waals surface area contributed by atoms with Gasteiger partial charge >= 0.3 is 5.97 Å². The summed E-state index contributed by atoms with van der Waals surface area (Å²) < 4.78 is 16.1. The first-order chi connectivity index (χ1) is 13.3. The van der Waals surface area contributed by atoms with Gasteiger partial charge < -0.3 is 29.5 Å². The number of hydrogen-bond donors (Lipinski definition) is 3. The predicted molar refractivity (Wildman–Crippen MR) is 98.1 cm³/mol. The maximum absolute atomic E-state index is 12.7. The van der Waals surface area contributed by atoms with Gasteiger partial charge in [-0.15, -0.1) is 0 Å². The molecule has 8 nitrogen and oxygen atoms in total. The molecule has 0 bridgehead atoms. The van der Waals surface area contributed by atoms with Crippen molar-refractivity contribution in [2.45, 2.75) is 38.6 Å². The molecule has 1 aromatic carbocycles. The Balaban J connectivity index is 2.07. The lowest BCUT2D eigenvalue weighted by Crippen LogP contribution is -2.32. The Labute approximate surface area is 161 Å². The molecule has 0 unspecified atom stereocenters. The van der Waals surface area contributed by atoms with Gasteiger partial charge in [0.1, 0.15) is 23.5 Å². The Morgan fingerprint density at radius 2 is 1.86 bits per heavy atom. The minimum Gasteiger partial charge on any atom is -0.507 e. The van der Waals surface area contributed by atoms with Crippen molar-refractivity contribution in [3.63, 3.8) is 0 Å². The van der Waals surface area contributed by atoms with E-state index in [-0.39, 0.29) is 47.5 Å². The van der Waals surface area contributed by atoms with Crippen molar-refractivity contribution in [2.24, 2.45) is 5.92 Å². The van der Waals surface area contributed by atoms with Gasteiger partial charge in [0.05, 0.1) is 6.10 Å². The summed E-state index contributed by atoms with van der Waals surface area (Å²) >= 11 is 0. The third-order valence-electron chi connectivity index (χ3n) is 4.80. The molecule has 3 N–H and O–H groups in total. The van der Waals surface area contributed by atoms with Crippen LogP contribution in [-0.2, 0) is 9.53 Å². The molecule has 0 saturated carbocycles. The third kappa shape index (κ3) is 3.88. The van der Waals surface area contributed by atoms with Gasteiger partial charge in [-0.1, -0.05) is 25.2 Å². The van der Waals surface area contributed by atoms with E-state index >= 15 is 0 Å². The smallest absolute Gasteiger partial charge is 0.342 e. The second-order valence-corrected chi connectivity index (χ2v) is 6.80. The van der Waals surface area contributed by atoms with E-state index in [0.717, 1.165) is 0 Å². The van der Waals surface area contributed by atoms with Gasteiger partial charge in [-0.05, 0) is 19.4 Å². The largest absolute Gasteiger partial charge is 0.507 e. The summed E-state index contributed by atoms with van der Waals surface area (Å²) in [6.45, 7) is 3.31. The van der Waals surface area contributed by atoms with Crippen LogP contribution in [0.2, 0.25) is 0 Å². The lowest BCUT2D eigenvalue weighted by atomic mass is 9.99. The molecule has 0 radical (unpaired) electrons. The highest BCUT2D eigenvalue weighted by molar-refractivity contribution is 5.99. The van der Waals surface area contributed by atoms with Gasteiger partial charge in [0.15, 0.2) is 17.3 Å². The molecule has 4 atom stereocenters. The predicted octanol–water partition coefficient (Wildman–Crippen LogP) is 1.57. The van der Waals surface area contributed by atoms with Gasteiger partial charge in [0, 0.05) is 17.5 Å². The quantitative estimate of drug-likeness (QED) is 0.571. The number of cyclic esters (lactones) is 1. The molecule has 2 aliphatic heterocycles. The Morgan fingerprint density at radius 3 is 2.61 bits per heavy atom. The van der Waals surface area contributed by atoms with Crippen LogP contribution in [0.25, 0.3) is 6.08 Å². The summed E-state index contributed by atoms with van der Waals surface area (Å²) in [4.78, 5) is 24.7. The van der Waals surface area contributed by atoms with E-state index in [1.165, 1.54) is 30.4 Å². The number of carbonyl (C=O) groups is 2. The van der Waals surface area contributed by atoms with Crippen molar-refractivity contribution in [3.05, 3.63) is 35.4 Å². The van der Waals surface area contributed by atoms with E-state index in [0.29, 0.717) is 0 Å². The Hall–Kier alpha value is -2.84. The molecule has 0 amide bonds. The first-order valence-electron chi connectivity index (χ1n) is 8.90. The number of ketones is 1. The van der Waals surface area contributed by atoms with Gasteiger partial charge in [0.25, 0.3) is 0 Å². The van der Waals surface area contributed by atoms with Crippen LogP contribution in [0.15, 0.2) is 24.3 Å². The molecule has 0 saturated heterocycles. The molecule has 0 fully saturated rings. The Kier molecular flexibility index (Phi) is 5.71. The number of aromatic hydroxyl groups is 1. The number of benzene rings is 1. The number of phenolic OH excluding ortho intramolecular Hbond substituents is 1. The number of rotatable bonds is 0. The molecule has 0 spiro atoms. The number of hydrogen-bond acceptors (Lipinski definition) is 8. The highest BCUT2D eigenvalue weighted by Crippen LogP contribution is 2.43. The number of ether oxygens (including phenoxy) is 3. The van der Waals surface area contributed by atoms with Gasteiger partial charge in [-0.3, -0.25) is 4.79 Å². The summed E-state index contributed by atoms with van der Waals surface area (Å²) in [5.74, 6) is -1.54. The summed E-state index contributed by atoms with van der Waals surface area (Å²) in [5.41, 5.74) is 0.143. The first kappa shape index (κ1) is 19.9. The molecule has 28 heavy (non-hydrogen) atoms. The summed E-state index contributed by atoms with van der Waals surface area (Å²) in [6, 6.07) is 1.28. The van der Waals surface area contributed by atoms with E-state index in [4.69, 9.17) is 14.2 Å². The topological polar surface area (TPSA) is 123 Å². The lowest BCUT2D eigenvalue weighted by Gasteiger charge is -2.20. The zero-order valence-electron chi connectivity index (χ0n) is 15.5. The second-order valence-electron chi connectivity index (χ2n) is 6.80. The second kappa shape index (κ2) is 8.04. The molecule has 2 aliphatic rings. The highest BCUT2D eigenvalue weighted by Gasteiger charge is 2.29. The van der Waals surface area contributed by atoms with Crippen LogP contribution in [0, 0.1) is 5.92 Å². The fraction of sp³-hybridized carbons (Fsp3) is 0.400. The maximum Gasteiger partial charge on any atom is 0.342 e. The summed E-state index contributed by atoms with van der Waals surface area (Å²) in [7, 11) is 0. The van der Waals surface area contributed by atoms with Crippen LogP contribution in [0.1, 0.15) is 36.2 Å². The van der Waals surface area contributed by atoms with E-state index in [9.17, 15) is 24.9 Å². The van der Waals surface area contributed by atoms with Crippen LogP contribution < -0.4 is 9.47 Å². The SMILES string of the molecule is C[C@@H]1OC(=O)c2c(O)cc3c(c2/C=C/C[C@H](O)[C@H](O)C(=O)/C=C\[C@@H]1C)OCO3. The molecule has 1 aromatic rings. The van der Waals surface area contributed by atoms with Crippen LogP contribution in [-0.4, -0.2) is 52.2 Å². The van der Waals surface area contributed by atoms with E-state index in [1.54, 1.807) is 13.8 Å². The average Bonchev–Trinajstić information content (AvgIpc) is 3.11. The molecule has 3 rings (SSSR count). The molecule has 2 heterocycles.